The summed E-state index contributed by atoms with van der Waals surface area (Å²) in [5, 5.41) is 10.8. The highest BCUT2D eigenvalue weighted by Gasteiger charge is 2.41. The molecule has 0 aromatic carbocycles. The Morgan fingerprint density at radius 3 is 2.78 bits per heavy atom. The summed E-state index contributed by atoms with van der Waals surface area (Å²) in [5.41, 5.74) is 0.901. The highest BCUT2D eigenvalue weighted by atomic mass is 16.6. The molecule has 0 fully saturated rings. The quantitative estimate of drug-likeness (QED) is 0.316. The smallest absolute Gasteiger partial charge is 0.306 e. The van der Waals surface area contributed by atoms with Crippen LogP contribution in [0.5, 0.6) is 0 Å². The Bertz CT molecular complexity index is 364. The molecular weight excluding hydrogens is 234 g/mol. The van der Waals surface area contributed by atoms with E-state index >= 15 is 0 Å². The van der Waals surface area contributed by atoms with Crippen LogP contribution in [0.3, 0.4) is 0 Å². The molecule has 0 bridgehead atoms. The molecule has 0 aromatic rings. The Morgan fingerprint density at radius 2 is 2.33 bits per heavy atom. The Kier molecular flexibility index (Phi) is 4.87. The average molecular weight is 255 g/mol. The molecule has 5 heteroatoms. The van der Waals surface area contributed by atoms with Gasteiger partial charge in [-0.05, 0) is 32.1 Å². The van der Waals surface area contributed by atoms with Crippen LogP contribution >= 0.6 is 0 Å². The van der Waals surface area contributed by atoms with Gasteiger partial charge in [-0.1, -0.05) is 18.6 Å². The van der Waals surface area contributed by atoms with E-state index in [0.29, 0.717) is 6.61 Å². The molecule has 0 unspecified atom stereocenters. The number of nitro groups is 1. The molecule has 0 amide bonds. The van der Waals surface area contributed by atoms with Crippen LogP contribution in [0.4, 0.5) is 0 Å². The van der Waals surface area contributed by atoms with Gasteiger partial charge in [-0.2, -0.15) is 0 Å². The van der Waals surface area contributed by atoms with Gasteiger partial charge in [-0.15, -0.1) is 0 Å². The summed E-state index contributed by atoms with van der Waals surface area (Å²) in [4.78, 5) is 22.0. The van der Waals surface area contributed by atoms with Gasteiger partial charge in [-0.3, -0.25) is 14.9 Å². The van der Waals surface area contributed by atoms with Crippen molar-refractivity contribution in [3.05, 3.63) is 21.8 Å². The molecule has 1 aliphatic rings. The van der Waals surface area contributed by atoms with Crippen molar-refractivity contribution >= 4 is 5.97 Å². The first kappa shape index (κ1) is 14.7. The van der Waals surface area contributed by atoms with E-state index in [1.165, 1.54) is 0 Å². The lowest BCUT2D eigenvalue weighted by Crippen LogP contribution is -2.34. The average Bonchev–Trinajstić information content (AvgIpc) is 2.59. The van der Waals surface area contributed by atoms with Gasteiger partial charge in [0.2, 0.25) is 6.54 Å². The van der Waals surface area contributed by atoms with Crippen LogP contribution in [-0.4, -0.2) is 24.0 Å². The van der Waals surface area contributed by atoms with E-state index in [2.05, 4.69) is 6.08 Å². The first-order chi connectivity index (χ1) is 8.40. The molecule has 2 atom stereocenters. The first-order valence-corrected chi connectivity index (χ1v) is 6.34. The van der Waals surface area contributed by atoms with Gasteiger partial charge in [0.05, 0.1) is 13.0 Å². The molecule has 1 rings (SSSR count). The number of hydrogen-bond donors (Lipinski definition) is 0. The first-order valence-electron chi connectivity index (χ1n) is 6.34. The molecule has 1 aliphatic carbocycles. The number of nitrogens with zero attached hydrogens (tertiary/aromatic N) is 1. The maximum absolute atomic E-state index is 11.6. The summed E-state index contributed by atoms with van der Waals surface area (Å²) in [5.74, 6) is -0.629. The number of carbonyl (C=O) groups is 1. The molecular formula is C13H21NO4. The van der Waals surface area contributed by atoms with E-state index in [9.17, 15) is 14.9 Å². The second-order valence-corrected chi connectivity index (χ2v) is 5.06. The maximum Gasteiger partial charge on any atom is 0.306 e. The lowest BCUT2D eigenvalue weighted by Gasteiger charge is -2.33. The van der Waals surface area contributed by atoms with Gasteiger partial charge in [0.1, 0.15) is 0 Å². The second-order valence-electron chi connectivity index (χ2n) is 5.06. The zero-order valence-electron chi connectivity index (χ0n) is 11.3. The topological polar surface area (TPSA) is 69.4 Å². The van der Waals surface area contributed by atoms with Crippen molar-refractivity contribution in [2.45, 2.75) is 40.0 Å². The monoisotopic (exact) mass is 255 g/mol. The molecule has 5 nitrogen and oxygen atoms in total. The molecule has 0 spiro atoms. The van der Waals surface area contributed by atoms with Gasteiger partial charge >= 0.3 is 5.97 Å². The minimum Gasteiger partial charge on any atom is -0.466 e. The third-order valence-corrected chi connectivity index (χ3v) is 4.00. The van der Waals surface area contributed by atoms with E-state index in [1.807, 2.05) is 13.8 Å². The van der Waals surface area contributed by atoms with Crippen molar-refractivity contribution in [1.29, 1.82) is 0 Å². The number of carbonyl (C=O) groups excluding carboxylic acids is 1. The fourth-order valence-corrected chi connectivity index (χ4v) is 2.64. The number of rotatable bonds is 6. The van der Waals surface area contributed by atoms with Crippen molar-refractivity contribution in [3.8, 4) is 0 Å². The van der Waals surface area contributed by atoms with E-state index in [1.54, 1.807) is 6.92 Å². The molecule has 18 heavy (non-hydrogen) atoms. The van der Waals surface area contributed by atoms with Crippen molar-refractivity contribution in [2.24, 2.45) is 11.3 Å². The SMILES string of the molecule is CCOC(=O)C[C@H](C[N+](=O)[O-])[C@@]1(C)CCC=C1C. The zero-order valence-corrected chi connectivity index (χ0v) is 11.3. The third kappa shape index (κ3) is 3.31. The van der Waals surface area contributed by atoms with E-state index in [0.717, 1.165) is 18.4 Å². The van der Waals surface area contributed by atoms with Gasteiger partial charge < -0.3 is 4.74 Å². The van der Waals surface area contributed by atoms with E-state index in [4.69, 9.17) is 4.74 Å². The Morgan fingerprint density at radius 1 is 1.67 bits per heavy atom. The molecule has 0 heterocycles. The number of esters is 1. The zero-order chi connectivity index (χ0) is 13.8. The highest BCUT2D eigenvalue weighted by Crippen LogP contribution is 2.46. The summed E-state index contributed by atoms with van der Waals surface area (Å²) in [6.45, 7) is 5.88. The summed E-state index contributed by atoms with van der Waals surface area (Å²) in [6.07, 6.45) is 4.03. The van der Waals surface area contributed by atoms with E-state index < -0.39 is 0 Å². The van der Waals surface area contributed by atoms with Gasteiger partial charge in [0, 0.05) is 10.8 Å². The normalized spacial score (nSPS) is 24.5. The molecule has 0 radical (unpaired) electrons. The predicted octanol–water partition coefficient (Wildman–Crippen LogP) is 2.58. The summed E-state index contributed by atoms with van der Waals surface area (Å²) >= 11 is 0. The summed E-state index contributed by atoms with van der Waals surface area (Å²) in [7, 11) is 0. The van der Waals surface area contributed by atoms with Crippen molar-refractivity contribution in [3.63, 3.8) is 0 Å². The standard InChI is InChI=1S/C13H21NO4/c1-4-18-12(15)8-11(9-14(16)17)13(3)7-5-6-10(13)2/h6,11H,4-5,7-9H2,1-3H3/t11-,13+/m1/s1. The molecule has 0 saturated carbocycles. The van der Waals surface area contributed by atoms with Crippen LogP contribution in [-0.2, 0) is 9.53 Å². The van der Waals surface area contributed by atoms with Crippen molar-refractivity contribution in [1.82, 2.24) is 0 Å². The Labute approximate surface area is 107 Å². The van der Waals surface area contributed by atoms with Crippen molar-refractivity contribution < 1.29 is 14.5 Å². The third-order valence-electron chi connectivity index (χ3n) is 4.00. The van der Waals surface area contributed by atoms with Crippen LogP contribution in [0.2, 0.25) is 0 Å². The molecule has 0 aromatic heterocycles. The summed E-state index contributed by atoms with van der Waals surface area (Å²) < 4.78 is 4.91. The predicted molar refractivity (Wildman–Crippen MR) is 67.7 cm³/mol. The Hall–Kier alpha value is -1.39. The fourth-order valence-electron chi connectivity index (χ4n) is 2.64. The van der Waals surface area contributed by atoms with Crippen molar-refractivity contribution in [2.75, 3.05) is 13.2 Å². The van der Waals surface area contributed by atoms with E-state index in [-0.39, 0.29) is 35.2 Å². The number of hydrogen-bond acceptors (Lipinski definition) is 4. The highest BCUT2D eigenvalue weighted by molar-refractivity contribution is 5.69. The molecule has 0 N–H and O–H groups in total. The summed E-state index contributed by atoms with van der Waals surface area (Å²) in [6, 6.07) is 0. The van der Waals surface area contributed by atoms with Crippen LogP contribution in [0.15, 0.2) is 11.6 Å². The number of ether oxygens (including phenoxy) is 1. The van der Waals surface area contributed by atoms with Gasteiger partial charge in [0.25, 0.3) is 0 Å². The lowest BCUT2D eigenvalue weighted by molar-refractivity contribution is -0.491. The minimum absolute atomic E-state index is 0.122. The van der Waals surface area contributed by atoms with Crippen LogP contribution in [0, 0.1) is 21.4 Å². The maximum atomic E-state index is 11.6. The lowest BCUT2D eigenvalue weighted by atomic mass is 9.71. The van der Waals surface area contributed by atoms with Crippen LogP contribution in [0.1, 0.15) is 40.0 Å². The van der Waals surface area contributed by atoms with Crippen LogP contribution < -0.4 is 0 Å². The minimum atomic E-state index is -0.342. The molecule has 0 saturated heterocycles. The number of allylic oxidation sites excluding steroid dienone is 2. The fraction of sp³-hybridized carbons (Fsp3) is 0.769. The second kappa shape index (κ2) is 5.98. The Balaban J connectivity index is 2.81. The largest absolute Gasteiger partial charge is 0.466 e. The van der Waals surface area contributed by atoms with Gasteiger partial charge in [-0.25, -0.2) is 0 Å². The van der Waals surface area contributed by atoms with Crippen LogP contribution in [0.25, 0.3) is 0 Å². The molecule has 102 valence electrons. The molecule has 0 aliphatic heterocycles. The van der Waals surface area contributed by atoms with Gasteiger partial charge in [0.15, 0.2) is 0 Å².